The molecule has 2 rings (SSSR count). The molecule has 2 aromatic rings. The van der Waals surface area contributed by atoms with Crippen LogP contribution >= 0.6 is 11.3 Å². The second-order valence-corrected chi connectivity index (χ2v) is 3.91. The molecule has 0 bridgehead atoms. The molecule has 14 heavy (non-hydrogen) atoms. The van der Waals surface area contributed by atoms with Crippen LogP contribution in [0.1, 0.15) is 11.3 Å². The first kappa shape index (κ1) is 9.21. The van der Waals surface area contributed by atoms with Crippen molar-refractivity contribution in [2.24, 2.45) is 0 Å². The third kappa shape index (κ3) is 2.12. The Labute approximate surface area is 87.6 Å². The summed E-state index contributed by atoms with van der Waals surface area (Å²) >= 11 is 1.70. The normalized spacial score (nSPS) is 10.1. The Morgan fingerprint density at radius 2 is 2.36 bits per heavy atom. The molecule has 0 unspecified atom stereocenters. The highest BCUT2D eigenvalue weighted by atomic mass is 32.1. The average molecular weight is 204 g/mol. The number of thiophene rings is 1. The summed E-state index contributed by atoms with van der Waals surface area (Å²) in [6.45, 7) is 2.88. The van der Waals surface area contributed by atoms with Crippen LogP contribution in [0.2, 0.25) is 0 Å². The number of pyridine rings is 1. The van der Waals surface area contributed by atoms with E-state index in [0.717, 1.165) is 12.2 Å². The van der Waals surface area contributed by atoms with Gasteiger partial charge in [-0.3, -0.25) is 4.98 Å². The largest absolute Gasteiger partial charge is 0.379 e. The van der Waals surface area contributed by atoms with Gasteiger partial charge in [-0.25, -0.2) is 0 Å². The minimum Gasteiger partial charge on any atom is -0.379 e. The van der Waals surface area contributed by atoms with Crippen LogP contribution in [0.25, 0.3) is 0 Å². The van der Waals surface area contributed by atoms with E-state index in [1.807, 2.05) is 12.3 Å². The van der Waals surface area contributed by atoms with E-state index < -0.39 is 0 Å². The van der Waals surface area contributed by atoms with Crippen LogP contribution in [0.3, 0.4) is 0 Å². The van der Waals surface area contributed by atoms with Crippen LogP contribution in [0, 0.1) is 6.92 Å². The van der Waals surface area contributed by atoms with Gasteiger partial charge in [-0.15, -0.1) is 0 Å². The first-order valence-corrected chi connectivity index (χ1v) is 5.47. The van der Waals surface area contributed by atoms with Gasteiger partial charge in [-0.2, -0.15) is 11.3 Å². The first-order chi connectivity index (χ1) is 6.86. The summed E-state index contributed by atoms with van der Waals surface area (Å²) in [4.78, 5) is 4.32. The Kier molecular flexibility index (Phi) is 2.79. The first-order valence-electron chi connectivity index (χ1n) is 4.53. The quantitative estimate of drug-likeness (QED) is 0.831. The minimum atomic E-state index is 0.795. The fourth-order valence-electron chi connectivity index (χ4n) is 1.25. The molecular formula is C11H12N2S. The predicted octanol–water partition coefficient (Wildman–Crippen LogP) is 3.06. The Morgan fingerprint density at radius 1 is 1.43 bits per heavy atom. The molecule has 2 aromatic heterocycles. The van der Waals surface area contributed by atoms with E-state index in [2.05, 4.69) is 40.1 Å². The summed E-state index contributed by atoms with van der Waals surface area (Å²) in [5.74, 6) is 0. The number of nitrogens with zero attached hydrogens (tertiary/aromatic N) is 1. The molecular weight excluding hydrogens is 192 g/mol. The Balaban J connectivity index is 2.02. The maximum atomic E-state index is 4.32. The fraction of sp³-hybridized carbons (Fsp3) is 0.182. The summed E-state index contributed by atoms with van der Waals surface area (Å²) in [6, 6.07) is 6.12. The fourth-order valence-corrected chi connectivity index (χ4v) is 1.87. The zero-order chi connectivity index (χ0) is 9.80. The molecule has 2 nitrogen and oxygen atoms in total. The number of anilines is 1. The number of aryl methyl sites for hydroxylation is 1. The molecule has 0 amide bonds. The molecule has 0 radical (unpaired) electrons. The summed E-state index contributed by atoms with van der Waals surface area (Å²) in [5, 5.41) is 7.49. The zero-order valence-electron chi connectivity index (χ0n) is 8.03. The smallest absolute Gasteiger partial charge is 0.0623 e. The molecule has 72 valence electrons. The van der Waals surface area contributed by atoms with Gasteiger partial charge in [0.05, 0.1) is 12.2 Å². The van der Waals surface area contributed by atoms with Crippen molar-refractivity contribution in [1.29, 1.82) is 0 Å². The summed E-state index contributed by atoms with van der Waals surface area (Å²) in [7, 11) is 0. The third-order valence-electron chi connectivity index (χ3n) is 2.10. The maximum Gasteiger partial charge on any atom is 0.0623 e. The van der Waals surface area contributed by atoms with Gasteiger partial charge in [0.1, 0.15) is 0 Å². The standard InChI is InChI=1S/C11H12N2S/c1-9-3-2-5-12-11(9)7-13-10-4-6-14-8-10/h2-6,8,13H,7H2,1H3. The Bertz CT molecular complexity index is 395. The highest BCUT2D eigenvalue weighted by Gasteiger charge is 1.98. The number of hydrogen-bond acceptors (Lipinski definition) is 3. The van der Waals surface area contributed by atoms with E-state index in [1.165, 1.54) is 11.3 Å². The summed E-state index contributed by atoms with van der Waals surface area (Å²) in [5.41, 5.74) is 3.51. The average Bonchev–Trinajstić information content (AvgIpc) is 2.69. The third-order valence-corrected chi connectivity index (χ3v) is 2.78. The Hall–Kier alpha value is -1.35. The van der Waals surface area contributed by atoms with Crippen molar-refractivity contribution < 1.29 is 0 Å². The second kappa shape index (κ2) is 4.24. The monoisotopic (exact) mass is 204 g/mol. The van der Waals surface area contributed by atoms with E-state index in [9.17, 15) is 0 Å². The molecule has 0 fully saturated rings. The lowest BCUT2D eigenvalue weighted by molar-refractivity contribution is 1.02. The van der Waals surface area contributed by atoms with E-state index >= 15 is 0 Å². The number of hydrogen-bond donors (Lipinski definition) is 1. The molecule has 0 aliphatic rings. The number of rotatable bonds is 3. The minimum absolute atomic E-state index is 0.795. The van der Waals surface area contributed by atoms with Crippen molar-refractivity contribution in [3.8, 4) is 0 Å². The van der Waals surface area contributed by atoms with Gasteiger partial charge in [0.15, 0.2) is 0 Å². The van der Waals surface area contributed by atoms with E-state index in [1.54, 1.807) is 11.3 Å². The van der Waals surface area contributed by atoms with Crippen molar-refractivity contribution in [2.45, 2.75) is 13.5 Å². The second-order valence-electron chi connectivity index (χ2n) is 3.13. The van der Waals surface area contributed by atoms with Crippen molar-refractivity contribution >= 4 is 17.0 Å². The summed E-state index contributed by atoms with van der Waals surface area (Å²) in [6.07, 6.45) is 1.83. The van der Waals surface area contributed by atoms with E-state index in [0.29, 0.717) is 0 Å². The van der Waals surface area contributed by atoms with Crippen LogP contribution in [-0.4, -0.2) is 4.98 Å². The van der Waals surface area contributed by atoms with Gasteiger partial charge in [-0.1, -0.05) is 6.07 Å². The molecule has 0 aliphatic heterocycles. The number of aromatic nitrogens is 1. The van der Waals surface area contributed by atoms with Gasteiger partial charge in [-0.05, 0) is 30.0 Å². The number of nitrogens with one attached hydrogen (secondary N) is 1. The summed E-state index contributed by atoms with van der Waals surface area (Å²) < 4.78 is 0. The van der Waals surface area contributed by atoms with Crippen LogP contribution in [0.5, 0.6) is 0 Å². The lowest BCUT2D eigenvalue weighted by atomic mass is 10.2. The molecule has 1 N–H and O–H groups in total. The van der Waals surface area contributed by atoms with Crippen LogP contribution in [0.4, 0.5) is 5.69 Å². The lowest BCUT2D eigenvalue weighted by Gasteiger charge is -2.05. The topological polar surface area (TPSA) is 24.9 Å². The molecule has 0 saturated carbocycles. The molecule has 3 heteroatoms. The highest BCUT2D eigenvalue weighted by Crippen LogP contribution is 2.13. The predicted molar refractivity (Wildman–Crippen MR) is 60.6 cm³/mol. The van der Waals surface area contributed by atoms with Crippen LogP contribution < -0.4 is 5.32 Å². The Morgan fingerprint density at radius 3 is 3.07 bits per heavy atom. The molecule has 2 heterocycles. The van der Waals surface area contributed by atoms with Gasteiger partial charge >= 0.3 is 0 Å². The van der Waals surface area contributed by atoms with Crippen molar-refractivity contribution in [3.63, 3.8) is 0 Å². The van der Waals surface area contributed by atoms with Gasteiger partial charge < -0.3 is 5.32 Å². The molecule has 0 spiro atoms. The molecule has 0 saturated heterocycles. The maximum absolute atomic E-state index is 4.32. The van der Waals surface area contributed by atoms with Crippen LogP contribution in [0.15, 0.2) is 35.2 Å². The molecule has 0 aromatic carbocycles. The van der Waals surface area contributed by atoms with Crippen LogP contribution in [-0.2, 0) is 6.54 Å². The van der Waals surface area contributed by atoms with Gasteiger partial charge in [0.25, 0.3) is 0 Å². The highest BCUT2D eigenvalue weighted by molar-refractivity contribution is 7.08. The van der Waals surface area contributed by atoms with E-state index in [4.69, 9.17) is 0 Å². The molecule has 0 aliphatic carbocycles. The van der Waals surface area contributed by atoms with E-state index in [-0.39, 0.29) is 0 Å². The lowest BCUT2D eigenvalue weighted by Crippen LogP contribution is -2.02. The van der Waals surface area contributed by atoms with Crippen molar-refractivity contribution in [1.82, 2.24) is 4.98 Å². The zero-order valence-corrected chi connectivity index (χ0v) is 8.84. The van der Waals surface area contributed by atoms with Crippen molar-refractivity contribution in [2.75, 3.05) is 5.32 Å². The van der Waals surface area contributed by atoms with Gasteiger partial charge in [0, 0.05) is 17.3 Å². The van der Waals surface area contributed by atoms with Crippen molar-refractivity contribution in [3.05, 3.63) is 46.4 Å². The van der Waals surface area contributed by atoms with Gasteiger partial charge in [0.2, 0.25) is 0 Å². The SMILES string of the molecule is Cc1cccnc1CNc1ccsc1. The molecule has 0 atom stereocenters.